The number of nitrogens with one attached hydrogen (secondary N) is 2. The van der Waals surface area contributed by atoms with E-state index in [2.05, 4.69) is 20.6 Å². The van der Waals surface area contributed by atoms with Crippen molar-refractivity contribution in [2.75, 3.05) is 37.4 Å². The summed E-state index contributed by atoms with van der Waals surface area (Å²) in [6.07, 6.45) is 3.26. The van der Waals surface area contributed by atoms with E-state index >= 15 is 0 Å². The van der Waals surface area contributed by atoms with Gasteiger partial charge in [-0.25, -0.2) is 4.98 Å². The van der Waals surface area contributed by atoms with Gasteiger partial charge < -0.3 is 15.5 Å². The molecule has 2 aromatic rings. The second kappa shape index (κ2) is 7.35. The van der Waals surface area contributed by atoms with Crippen LogP contribution in [0.15, 0.2) is 42.7 Å². The van der Waals surface area contributed by atoms with Crippen molar-refractivity contribution in [3.63, 3.8) is 0 Å². The van der Waals surface area contributed by atoms with Gasteiger partial charge in [-0.1, -0.05) is 6.07 Å². The SMILES string of the molecule is CNCCN(C)c1cccc(C(=O)Nc2ccncc2)n1. The zero-order valence-electron chi connectivity index (χ0n) is 12.2. The normalized spacial score (nSPS) is 10.2. The first kappa shape index (κ1) is 14.9. The van der Waals surface area contributed by atoms with Gasteiger partial charge in [-0.2, -0.15) is 0 Å². The van der Waals surface area contributed by atoms with Crippen LogP contribution in [-0.2, 0) is 0 Å². The van der Waals surface area contributed by atoms with Crippen LogP contribution in [0.4, 0.5) is 11.5 Å². The summed E-state index contributed by atoms with van der Waals surface area (Å²) in [5, 5.41) is 5.88. The van der Waals surface area contributed by atoms with Crippen LogP contribution in [0.3, 0.4) is 0 Å². The van der Waals surface area contributed by atoms with Gasteiger partial charge in [0.1, 0.15) is 11.5 Å². The molecule has 2 heterocycles. The second-order valence-corrected chi connectivity index (χ2v) is 4.60. The number of hydrogen-bond acceptors (Lipinski definition) is 5. The minimum Gasteiger partial charge on any atom is -0.358 e. The van der Waals surface area contributed by atoms with Gasteiger partial charge in [0.2, 0.25) is 0 Å². The molecule has 0 saturated heterocycles. The molecule has 6 heteroatoms. The predicted molar refractivity (Wildman–Crippen MR) is 83.6 cm³/mol. The highest BCUT2D eigenvalue weighted by Crippen LogP contribution is 2.11. The topological polar surface area (TPSA) is 70.2 Å². The molecule has 6 nitrogen and oxygen atoms in total. The van der Waals surface area contributed by atoms with Crippen molar-refractivity contribution in [1.29, 1.82) is 0 Å². The average Bonchev–Trinajstić information content (AvgIpc) is 2.53. The van der Waals surface area contributed by atoms with Crippen LogP contribution in [0.25, 0.3) is 0 Å². The molecule has 0 spiro atoms. The van der Waals surface area contributed by atoms with E-state index in [0.29, 0.717) is 11.4 Å². The summed E-state index contributed by atoms with van der Waals surface area (Å²) in [6, 6.07) is 8.89. The maximum atomic E-state index is 12.2. The second-order valence-electron chi connectivity index (χ2n) is 4.60. The Morgan fingerprint density at radius 1 is 1.24 bits per heavy atom. The van der Waals surface area contributed by atoms with Crippen molar-refractivity contribution in [3.05, 3.63) is 48.4 Å². The van der Waals surface area contributed by atoms with Gasteiger partial charge in [0, 0.05) is 38.2 Å². The van der Waals surface area contributed by atoms with Gasteiger partial charge in [-0.05, 0) is 31.3 Å². The summed E-state index contributed by atoms with van der Waals surface area (Å²) >= 11 is 0. The van der Waals surface area contributed by atoms with Crippen LogP contribution < -0.4 is 15.5 Å². The Balaban J connectivity index is 2.08. The molecular formula is C15H19N5O. The molecule has 0 aliphatic carbocycles. The minimum absolute atomic E-state index is 0.231. The van der Waals surface area contributed by atoms with Crippen molar-refractivity contribution < 1.29 is 4.79 Å². The summed E-state index contributed by atoms with van der Waals surface area (Å²) in [5.41, 5.74) is 1.09. The van der Waals surface area contributed by atoms with Gasteiger partial charge >= 0.3 is 0 Å². The molecular weight excluding hydrogens is 266 g/mol. The minimum atomic E-state index is -0.231. The van der Waals surface area contributed by atoms with Crippen LogP contribution in [-0.4, -0.2) is 43.1 Å². The van der Waals surface area contributed by atoms with E-state index in [0.717, 1.165) is 18.9 Å². The fraction of sp³-hybridized carbons (Fsp3) is 0.267. The largest absolute Gasteiger partial charge is 0.358 e. The van der Waals surface area contributed by atoms with E-state index < -0.39 is 0 Å². The summed E-state index contributed by atoms with van der Waals surface area (Å²) in [5.74, 6) is 0.540. The van der Waals surface area contributed by atoms with E-state index in [9.17, 15) is 4.79 Å². The number of carbonyl (C=O) groups is 1. The molecule has 2 rings (SSSR count). The Morgan fingerprint density at radius 2 is 2.00 bits per heavy atom. The quantitative estimate of drug-likeness (QED) is 0.839. The number of likely N-dealkylation sites (N-methyl/N-ethyl adjacent to an activating group) is 2. The zero-order valence-corrected chi connectivity index (χ0v) is 12.2. The van der Waals surface area contributed by atoms with Crippen molar-refractivity contribution in [1.82, 2.24) is 15.3 Å². The average molecular weight is 285 g/mol. The first-order valence-corrected chi connectivity index (χ1v) is 6.75. The van der Waals surface area contributed by atoms with E-state index in [1.54, 1.807) is 30.6 Å². The first-order valence-electron chi connectivity index (χ1n) is 6.75. The maximum Gasteiger partial charge on any atom is 0.274 e. The number of rotatable bonds is 6. The van der Waals surface area contributed by atoms with Crippen LogP contribution in [0.2, 0.25) is 0 Å². The molecule has 1 amide bonds. The lowest BCUT2D eigenvalue weighted by molar-refractivity contribution is 0.102. The van der Waals surface area contributed by atoms with Crippen LogP contribution in [0, 0.1) is 0 Å². The predicted octanol–water partition coefficient (Wildman–Crippen LogP) is 1.38. The van der Waals surface area contributed by atoms with Crippen molar-refractivity contribution in [3.8, 4) is 0 Å². The monoisotopic (exact) mass is 285 g/mol. The van der Waals surface area contributed by atoms with E-state index in [4.69, 9.17) is 0 Å². The Bertz CT molecular complexity index is 588. The van der Waals surface area contributed by atoms with E-state index in [1.165, 1.54) is 0 Å². The van der Waals surface area contributed by atoms with Gasteiger partial charge in [0.05, 0.1) is 0 Å². The number of aromatic nitrogens is 2. The van der Waals surface area contributed by atoms with Gasteiger partial charge in [-0.3, -0.25) is 9.78 Å². The van der Waals surface area contributed by atoms with Gasteiger partial charge in [0.25, 0.3) is 5.91 Å². The van der Waals surface area contributed by atoms with E-state index in [1.807, 2.05) is 31.1 Å². The highest BCUT2D eigenvalue weighted by Gasteiger charge is 2.10. The molecule has 2 aromatic heterocycles. The van der Waals surface area contributed by atoms with Gasteiger partial charge in [0.15, 0.2) is 0 Å². The van der Waals surface area contributed by atoms with Crippen molar-refractivity contribution in [2.45, 2.75) is 0 Å². The molecule has 21 heavy (non-hydrogen) atoms. The Morgan fingerprint density at radius 3 is 2.71 bits per heavy atom. The highest BCUT2D eigenvalue weighted by molar-refractivity contribution is 6.03. The number of carbonyl (C=O) groups excluding carboxylic acids is 1. The number of nitrogens with zero attached hydrogens (tertiary/aromatic N) is 3. The number of anilines is 2. The zero-order chi connectivity index (χ0) is 15.1. The third kappa shape index (κ3) is 4.25. The molecule has 0 atom stereocenters. The Hall–Kier alpha value is -2.47. The summed E-state index contributed by atoms with van der Waals surface area (Å²) < 4.78 is 0. The number of pyridine rings is 2. The number of amides is 1. The summed E-state index contributed by atoms with van der Waals surface area (Å²) in [4.78, 5) is 22.5. The summed E-state index contributed by atoms with van der Waals surface area (Å²) in [7, 11) is 3.85. The smallest absolute Gasteiger partial charge is 0.274 e. The molecule has 0 radical (unpaired) electrons. The van der Waals surface area contributed by atoms with Crippen molar-refractivity contribution in [2.24, 2.45) is 0 Å². The van der Waals surface area contributed by atoms with Crippen LogP contribution in [0.1, 0.15) is 10.5 Å². The molecule has 0 fully saturated rings. The van der Waals surface area contributed by atoms with Crippen LogP contribution in [0.5, 0.6) is 0 Å². The molecule has 0 aromatic carbocycles. The molecule has 110 valence electrons. The van der Waals surface area contributed by atoms with Crippen molar-refractivity contribution >= 4 is 17.4 Å². The molecule has 0 aliphatic rings. The molecule has 0 aliphatic heterocycles. The fourth-order valence-electron chi connectivity index (χ4n) is 1.79. The maximum absolute atomic E-state index is 12.2. The highest BCUT2D eigenvalue weighted by atomic mass is 16.1. The lowest BCUT2D eigenvalue weighted by Gasteiger charge is -2.18. The lowest BCUT2D eigenvalue weighted by Crippen LogP contribution is -2.28. The molecule has 0 unspecified atom stereocenters. The Labute approximate surface area is 124 Å². The third-order valence-corrected chi connectivity index (χ3v) is 2.99. The van der Waals surface area contributed by atoms with E-state index in [-0.39, 0.29) is 5.91 Å². The lowest BCUT2D eigenvalue weighted by atomic mass is 10.3. The molecule has 0 bridgehead atoms. The fourth-order valence-corrected chi connectivity index (χ4v) is 1.79. The number of hydrogen-bond donors (Lipinski definition) is 2. The summed E-state index contributed by atoms with van der Waals surface area (Å²) in [6.45, 7) is 1.67. The first-order chi connectivity index (χ1) is 10.2. The van der Waals surface area contributed by atoms with Crippen LogP contribution >= 0.6 is 0 Å². The molecule has 2 N–H and O–H groups in total. The third-order valence-electron chi connectivity index (χ3n) is 2.99. The standard InChI is InChI=1S/C15H19N5O/c1-16-10-11-20(2)14-5-3-4-13(19-14)15(21)18-12-6-8-17-9-7-12/h3-9,16H,10-11H2,1-2H3,(H,17,18,21). The Kier molecular flexibility index (Phi) is 5.22. The molecule has 0 saturated carbocycles. The van der Waals surface area contributed by atoms with Gasteiger partial charge in [-0.15, -0.1) is 0 Å².